The van der Waals surface area contributed by atoms with Gasteiger partial charge in [-0.1, -0.05) is 25.7 Å². The van der Waals surface area contributed by atoms with Crippen molar-refractivity contribution >= 4 is 15.9 Å². The second-order valence-electron chi connectivity index (χ2n) is 9.21. The Morgan fingerprint density at radius 1 is 0.903 bits per heavy atom. The summed E-state index contributed by atoms with van der Waals surface area (Å²) in [5, 5.41) is 0. The van der Waals surface area contributed by atoms with E-state index in [1.807, 2.05) is 0 Å². The zero-order valence-corrected chi connectivity index (χ0v) is 19.1. The monoisotopic (exact) mass is 451 g/mol. The third kappa shape index (κ3) is 5.29. The molecule has 1 aliphatic carbocycles. The highest BCUT2D eigenvalue weighted by atomic mass is 32.2. The summed E-state index contributed by atoms with van der Waals surface area (Å²) in [6.07, 6.45) is 9.18. The number of amides is 1. The average Bonchev–Trinajstić information content (AvgIpc) is 2.80. The van der Waals surface area contributed by atoms with E-state index in [4.69, 9.17) is 0 Å². The van der Waals surface area contributed by atoms with Gasteiger partial charge in [-0.3, -0.25) is 9.69 Å². The molecule has 2 saturated heterocycles. The second-order valence-corrected chi connectivity index (χ2v) is 11.1. The van der Waals surface area contributed by atoms with Crippen molar-refractivity contribution in [1.29, 1.82) is 0 Å². The fourth-order valence-corrected chi connectivity index (χ4v) is 6.74. The number of benzene rings is 1. The van der Waals surface area contributed by atoms with E-state index in [1.54, 1.807) is 4.90 Å². The second kappa shape index (κ2) is 9.96. The molecular weight excluding hydrogens is 417 g/mol. The number of halogens is 1. The van der Waals surface area contributed by atoms with Crippen LogP contribution < -0.4 is 0 Å². The molecule has 0 aromatic heterocycles. The van der Waals surface area contributed by atoms with Crippen LogP contribution in [-0.4, -0.2) is 74.2 Å². The molecule has 0 spiro atoms. The maximum absolute atomic E-state index is 14.5. The number of sulfonamides is 1. The molecule has 1 aromatic carbocycles. The van der Waals surface area contributed by atoms with Gasteiger partial charge in [-0.05, 0) is 49.8 Å². The van der Waals surface area contributed by atoms with E-state index >= 15 is 0 Å². The molecule has 1 amide bonds. The maximum Gasteiger partial charge on any atom is 0.253 e. The fourth-order valence-electron chi connectivity index (χ4n) is 5.13. The fraction of sp³-hybridized carbons (Fsp3) is 0.696. The molecule has 0 bridgehead atoms. The van der Waals surface area contributed by atoms with Gasteiger partial charge in [0, 0.05) is 51.4 Å². The largest absolute Gasteiger partial charge is 0.336 e. The smallest absolute Gasteiger partial charge is 0.253 e. The molecule has 31 heavy (non-hydrogen) atoms. The molecule has 1 saturated carbocycles. The summed E-state index contributed by atoms with van der Waals surface area (Å²) in [5.74, 6) is -0.234. The van der Waals surface area contributed by atoms with Crippen LogP contribution in [0.1, 0.15) is 61.7 Å². The van der Waals surface area contributed by atoms with Crippen molar-refractivity contribution in [2.75, 3.05) is 45.8 Å². The Bertz CT molecular complexity index is 872. The maximum atomic E-state index is 14.5. The van der Waals surface area contributed by atoms with Crippen LogP contribution in [0.4, 0.5) is 4.39 Å². The van der Waals surface area contributed by atoms with Gasteiger partial charge in [-0.15, -0.1) is 0 Å². The van der Waals surface area contributed by atoms with Crippen LogP contribution in [-0.2, 0) is 10.0 Å². The first-order valence-electron chi connectivity index (χ1n) is 11.8. The predicted octanol–water partition coefficient (Wildman–Crippen LogP) is 3.34. The van der Waals surface area contributed by atoms with Crippen LogP contribution in [0, 0.1) is 11.7 Å². The Hall–Kier alpha value is -1.51. The van der Waals surface area contributed by atoms with Crippen molar-refractivity contribution in [3.8, 4) is 0 Å². The molecule has 0 unspecified atom stereocenters. The topological polar surface area (TPSA) is 60.9 Å². The lowest BCUT2D eigenvalue weighted by molar-refractivity contribution is 0.0606. The minimum Gasteiger partial charge on any atom is -0.336 e. The van der Waals surface area contributed by atoms with Crippen LogP contribution in [0.2, 0.25) is 0 Å². The number of hydrogen-bond donors (Lipinski definition) is 0. The van der Waals surface area contributed by atoms with E-state index < -0.39 is 15.8 Å². The van der Waals surface area contributed by atoms with E-state index in [9.17, 15) is 17.6 Å². The van der Waals surface area contributed by atoms with Crippen molar-refractivity contribution < 1.29 is 17.6 Å². The Morgan fingerprint density at radius 3 is 2.23 bits per heavy atom. The van der Waals surface area contributed by atoms with Crippen LogP contribution in [0.25, 0.3) is 0 Å². The molecule has 3 fully saturated rings. The molecule has 2 heterocycles. The number of carbonyl (C=O) groups is 1. The highest BCUT2D eigenvalue weighted by Crippen LogP contribution is 2.26. The van der Waals surface area contributed by atoms with Crippen LogP contribution in [0.3, 0.4) is 0 Å². The quantitative estimate of drug-likeness (QED) is 0.689. The van der Waals surface area contributed by atoms with Gasteiger partial charge in [0.05, 0.1) is 0 Å². The number of piperazine rings is 1. The molecule has 1 aromatic rings. The van der Waals surface area contributed by atoms with Gasteiger partial charge >= 0.3 is 0 Å². The van der Waals surface area contributed by atoms with Crippen molar-refractivity contribution in [2.24, 2.45) is 5.92 Å². The summed E-state index contributed by atoms with van der Waals surface area (Å²) in [6, 6.07) is 3.75. The summed E-state index contributed by atoms with van der Waals surface area (Å²) >= 11 is 0. The highest BCUT2D eigenvalue weighted by molar-refractivity contribution is 7.89. The van der Waals surface area contributed by atoms with Crippen molar-refractivity contribution in [3.05, 3.63) is 29.6 Å². The third-order valence-corrected chi connectivity index (χ3v) is 8.93. The minimum atomic E-state index is -3.93. The zero-order chi connectivity index (χ0) is 21.8. The van der Waals surface area contributed by atoms with E-state index in [-0.39, 0.29) is 16.4 Å². The molecule has 4 rings (SSSR count). The Morgan fingerprint density at radius 2 is 1.55 bits per heavy atom. The molecule has 0 atom stereocenters. The molecule has 8 heteroatoms. The summed E-state index contributed by atoms with van der Waals surface area (Å²) < 4.78 is 41.7. The van der Waals surface area contributed by atoms with Crippen molar-refractivity contribution in [2.45, 2.75) is 56.3 Å². The first-order valence-corrected chi connectivity index (χ1v) is 13.2. The Balaban J connectivity index is 1.40. The normalized spacial score (nSPS) is 22.5. The van der Waals surface area contributed by atoms with Crippen LogP contribution in [0.15, 0.2) is 23.1 Å². The molecule has 6 nitrogen and oxygen atoms in total. The molecule has 172 valence electrons. The van der Waals surface area contributed by atoms with Gasteiger partial charge in [-0.25, -0.2) is 12.8 Å². The van der Waals surface area contributed by atoms with Gasteiger partial charge in [0.1, 0.15) is 10.7 Å². The zero-order valence-electron chi connectivity index (χ0n) is 18.3. The number of piperidine rings is 1. The Kier molecular flexibility index (Phi) is 7.29. The van der Waals surface area contributed by atoms with E-state index in [0.29, 0.717) is 26.2 Å². The molecule has 2 aliphatic heterocycles. The Labute approximate surface area is 185 Å². The SMILES string of the molecule is O=C(c1ccc(F)c(S(=O)(=O)N2CCCCC2)c1)N1CCN(CC2CCCCC2)CC1. The lowest BCUT2D eigenvalue weighted by atomic mass is 9.89. The van der Waals surface area contributed by atoms with Gasteiger partial charge in [0.15, 0.2) is 0 Å². The van der Waals surface area contributed by atoms with Crippen LogP contribution in [0.5, 0.6) is 0 Å². The molecule has 0 radical (unpaired) electrons. The summed E-state index contributed by atoms with van der Waals surface area (Å²) in [5.41, 5.74) is 0.248. The predicted molar refractivity (Wildman–Crippen MR) is 118 cm³/mol. The van der Waals surface area contributed by atoms with E-state index in [1.165, 1.54) is 48.5 Å². The number of rotatable bonds is 5. The van der Waals surface area contributed by atoms with Gasteiger partial charge in [-0.2, -0.15) is 4.31 Å². The average molecular weight is 452 g/mol. The third-order valence-electron chi connectivity index (χ3n) is 7.01. The highest BCUT2D eigenvalue weighted by Gasteiger charge is 2.31. The number of nitrogens with zero attached hydrogens (tertiary/aromatic N) is 3. The van der Waals surface area contributed by atoms with E-state index in [2.05, 4.69) is 4.90 Å². The van der Waals surface area contributed by atoms with Gasteiger partial charge in [0.2, 0.25) is 10.0 Å². The van der Waals surface area contributed by atoms with Crippen molar-refractivity contribution in [3.63, 3.8) is 0 Å². The minimum absolute atomic E-state index is 0.215. The lowest BCUT2D eigenvalue weighted by Crippen LogP contribution is -2.49. The molecule has 3 aliphatic rings. The lowest BCUT2D eigenvalue weighted by Gasteiger charge is -2.37. The van der Waals surface area contributed by atoms with Gasteiger partial charge in [0.25, 0.3) is 5.91 Å². The molecular formula is C23H34FN3O3S. The first-order chi connectivity index (χ1) is 14.9. The summed E-state index contributed by atoms with van der Waals surface area (Å²) in [6.45, 7) is 4.83. The first kappa shape index (κ1) is 22.7. The van der Waals surface area contributed by atoms with Crippen LogP contribution >= 0.6 is 0 Å². The van der Waals surface area contributed by atoms with Gasteiger partial charge < -0.3 is 4.90 Å². The standard InChI is InChI=1S/C23H34FN3O3S/c24-21-10-9-20(17-22(21)31(29,30)27-11-5-2-6-12-27)23(28)26-15-13-25(14-16-26)18-19-7-3-1-4-8-19/h9-10,17,19H,1-8,11-16,18H2. The van der Waals surface area contributed by atoms with E-state index in [0.717, 1.165) is 50.9 Å². The molecule has 0 N–H and O–H groups in total. The summed E-state index contributed by atoms with van der Waals surface area (Å²) in [7, 11) is -3.93. The summed E-state index contributed by atoms with van der Waals surface area (Å²) in [4.78, 5) is 16.9. The number of carbonyl (C=O) groups excluding carboxylic acids is 1. The van der Waals surface area contributed by atoms with Crippen molar-refractivity contribution in [1.82, 2.24) is 14.1 Å². The number of hydrogen-bond acceptors (Lipinski definition) is 4.